The van der Waals surface area contributed by atoms with Crippen molar-refractivity contribution in [2.45, 2.75) is 32.3 Å². The average Bonchev–Trinajstić information content (AvgIpc) is 3.00. The zero-order valence-corrected chi connectivity index (χ0v) is 13.1. The third-order valence-corrected chi connectivity index (χ3v) is 3.81. The average molecular weight is 304 g/mol. The Morgan fingerprint density at radius 3 is 2.73 bits per heavy atom. The molecule has 120 valence electrons. The van der Waals surface area contributed by atoms with Crippen molar-refractivity contribution < 1.29 is 14.3 Å². The summed E-state index contributed by atoms with van der Waals surface area (Å²) in [6.07, 6.45) is 2.85. The molecule has 1 aromatic rings. The Hall–Kier alpha value is -1.88. The van der Waals surface area contributed by atoms with Gasteiger partial charge >= 0.3 is 0 Å². The van der Waals surface area contributed by atoms with Gasteiger partial charge in [-0.2, -0.15) is 0 Å². The summed E-state index contributed by atoms with van der Waals surface area (Å²) in [5, 5.41) is 2.87. The van der Waals surface area contributed by atoms with Gasteiger partial charge in [0, 0.05) is 26.6 Å². The lowest BCUT2D eigenvalue weighted by molar-refractivity contribution is -0.135. The molecule has 1 aliphatic rings. The van der Waals surface area contributed by atoms with Crippen LogP contribution in [-0.4, -0.2) is 49.1 Å². The van der Waals surface area contributed by atoms with Gasteiger partial charge in [0.05, 0.1) is 12.6 Å². The minimum Gasteiger partial charge on any atom is -0.376 e. The summed E-state index contributed by atoms with van der Waals surface area (Å²) in [6, 6.07) is 10.0. The molecular weight excluding hydrogens is 280 g/mol. The summed E-state index contributed by atoms with van der Waals surface area (Å²) in [5.41, 5.74) is 1.19. The van der Waals surface area contributed by atoms with Gasteiger partial charge in [0.25, 0.3) is 0 Å². The first-order chi connectivity index (χ1) is 10.6. The van der Waals surface area contributed by atoms with Crippen LogP contribution in [0.1, 0.15) is 25.3 Å². The number of hydrogen-bond acceptors (Lipinski definition) is 3. The molecule has 1 atom stereocenters. The Labute approximate surface area is 131 Å². The van der Waals surface area contributed by atoms with Gasteiger partial charge in [-0.25, -0.2) is 0 Å². The van der Waals surface area contributed by atoms with Crippen LogP contribution in [0.15, 0.2) is 30.3 Å². The Kier molecular flexibility index (Phi) is 6.40. The second-order valence-electron chi connectivity index (χ2n) is 5.62. The van der Waals surface area contributed by atoms with E-state index in [-0.39, 0.29) is 24.5 Å². The number of carbonyl (C=O) groups is 2. The molecule has 0 bridgehead atoms. The summed E-state index contributed by atoms with van der Waals surface area (Å²) >= 11 is 0. The predicted octanol–water partition coefficient (Wildman–Crippen LogP) is 1.37. The van der Waals surface area contributed by atoms with Crippen LogP contribution in [0, 0.1) is 0 Å². The van der Waals surface area contributed by atoms with Crippen molar-refractivity contribution in [3.8, 4) is 0 Å². The van der Waals surface area contributed by atoms with E-state index in [0.29, 0.717) is 13.1 Å². The molecule has 2 rings (SSSR count). The van der Waals surface area contributed by atoms with E-state index in [0.717, 1.165) is 25.9 Å². The normalized spacial score (nSPS) is 17.2. The van der Waals surface area contributed by atoms with E-state index < -0.39 is 0 Å². The number of rotatable bonds is 7. The second-order valence-corrected chi connectivity index (χ2v) is 5.62. The van der Waals surface area contributed by atoms with E-state index in [4.69, 9.17) is 4.74 Å². The third kappa shape index (κ3) is 5.48. The number of benzene rings is 1. The molecular formula is C17H24N2O3. The molecule has 1 aliphatic heterocycles. The smallest absolute Gasteiger partial charge is 0.239 e. The summed E-state index contributed by atoms with van der Waals surface area (Å²) in [5.74, 6) is -0.210. The molecule has 5 nitrogen and oxygen atoms in total. The number of nitrogens with one attached hydrogen (secondary N) is 1. The van der Waals surface area contributed by atoms with Gasteiger partial charge in [-0.3, -0.25) is 9.59 Å². The van der Waals surface area contributed by atoms with Crippen LogP contribution >= 0.6 is 0 Å². The van der Waals surface area contributed by atoms with Crippen molar-refractivity contribution >= 4 is 11.8 Å². The number of carbonyl (C=O) groups excluding carboxylic acids is 2. The van der Waals surface area contributed by atoms with E-state index in [9.17, 15) is 9.59 Å². The molecule has 1 saturated heterocycles. The quantitative estimate of drug-likeness (QED) is 0.828. The molecule has 0 aliphatic carbocycles. The second kappa shape index (κ2) is 8.54. The first-order valence-electron chi connectivity index (χ1n) is 7.83. The van der Waals surface area contributed by atoms with Crippen molar-refractivity contribution in [3.05, 3.63) is 35.9 Å². The molecule has 1 fully saturated rings. The van der Waals surface area contributed by atoms with Crippen molar-refractivity contribution in [2.24, 2.45) is 0 Å². The van der Waals surface area contributed by atoms with E-state index in [1.54, 1.807) is 4.90 Å². The summed E-state index contributed by atoms with van der Waals surface area (Å²) in [6.45, 7) is 3.42. The lowest BCUT2D eigenvalue weighted by Gasteiger charge is -2.23. The van der Waals surface area contributed by atoms with Gasteiger partial charge in [0.2, 0.25) is 11.8 Å². The van der Waals surface area contributed by atoms with E-state index in [2.05, 4.69) is 5.32 Å². The molecule has 5 heteroatoms. The molecule has 0 aromatic heterocycles. The molecule has 0 radical (unpaired) electrons. The fourth-order valence-electron chi connectivity index (χ4n) is 2.56. The fourth-order valence-corrected chi connectivity index (χ4v) is 2.56. The summed E-state index contributed by atoms with van der Waals surface area (Å²) < 4.78 is 5.53. The topological polar surface area (TPSA) is 58.6 Å². The number of amides is 2. The maximum atomic E-state index is 12.0. The van der Waals surface area contributed by atoms with Gasteiger partial charge in [-0.05, 0) is 24.8 Å². The van der Waals surface area contributed by atoms with Gasteiger partial charge in [0.1, 0.15) is 0 Å². The zero-order chi connectivity index (χ0) is 15.8. The minimum absolute atomic E-state index is 0.0704. The Morgan fingerprint density at radius 2 is 2.09 bits per heavy atom. The standard InChI is InChI=1S/C17H24N2O3/c1-14(20)19(12-16-8-5-11-22-16)13-17(21)18-10-9-15-6-3-2-4-7-15/h2-4,6-7,16H,5,8-13H2,1H3,(H,18,21). The maximum absolute atomic E-state index is 12.0. The highest BCUT2D eigenvalue weighted by atomic mass is 16.5. The van der Waals surface area contributed by atoms with E-state index >= 15 is 0 Å². The first-order valence-corrected chi connectivity index (χ1v) is 7.83. The lowest BCUT2D eigenvalue weighted by Crippen LogP contribution is -2.43. The van der Waals surface area contributed by atoms with Crippen LogP contribution in [0.4, 0.5) is 0 Å². The van der Waals surface area contributed by atoms with E-state index in [1.807, 2.05) is 30.3 Å². The number of nitrogens with zero attached hydrogens (tertiary/aromatic N) is 1. The van der Waals surface area contributed by atoms with Crippen molar-refractivity contribution in [2.75, 3.05) is 26.2 Å². The van der Waals surface area contributed by atoms with Crippen LogP contribution in [0.5, 0.6) is 0 Å². The van der Waals surface area contributed by atoms with Gasteiger partial charge in [-0.1, -0.05) is 30.3 Å². The summed E-state index contributed by atoms with van der Waals surface area (Å²) in [4.78, 5) is 25.2. The Morgan fingerprint density at radius 1 is 1.32 bits per heavy atom. The predicted molar refractivity (Wildman–Crippen MR) is 84.4 cm³/mol. The number of hydrogen-bond donors (Lipinski definition) is 1. The molecule has 1 aromatic carbocycles. The van der Waals surface area contributed by atoms with Gasteiger partial charge in [0.15, 0.2) is 0 Å². The van der Waals surface area contributed by atoms with Crippen molar-refractivity contribution in [1.82, 2.24) is 10.2 Å². The highest BCUT2D eigenvalue weighted by molar-refractivity contribution is 5.83. The van der Waals surface area contributed by atoms with Crippen LogP contribution < -0.4 is 5.32 Å². The maximum Gasteiger partial charge on any atom is 0.239 e. The van der Waals surface area contributed by atoms with Gasteiger partial charge < -0.3 is 15.0 Å². The van der Waals surface area contributed by atoms with Crippen LogP contribution in [-0.2, 0) is 20.7 Å². The van der Waals surface area contributed by atoms with Crippen molar-refractivity contribution in [1.29, 1.82) is 0 Å². The highest BCUT2D eigenvalue weighted by Crippen LogP contribution is 2.13. The fraction of sp³-hybridized carbons (Fsp3) is 0.529. The summed E-state index contributed by atoms with van der Waals surface area (Å²) in [7, 11) is 0. The minimum atomic E-state index is -0.121. The molecule has 0 saturated carbocycles. The molecule has 1 heterocycles. The lowest BCUT2D eigenvalue weighted by atomic mass is 10.1. The van der Waals surface area contributed by atoms with Crippen molar-refractivity contribution in [3.63, 3.8) is 0 Å². The van der Waals surface area contributed by atoms with Gasteiger partial charge in [-0.15, -0.1) is 0 Å². The largest absolute Gasteiger partial charge is 0.376 e. The van der Waals surface area contributed by atoms with E-state index in [1.165, 1.54) is 12.5 Å². The highest BCUT2D eigenvalue weighted by Gasteiger charge is 2.22. The molecule has 1 unspecified atom stereocenters. The number of ether oxygens (including phenoxy) is 1. The van der Waals surface area contributed by atoms with Crippen LogP contribution in [0.25, 0.3) is 0 Å². The monoisotopic (exact) mass is 304 g/mol. The SMILES string of the molecule is CC(=O)N(CC(=O)NCCc1ccccc1)CC1CCCO1. The zero-order valence-electron chi connectivity index (χ0n) is 13.1. The Balaban J connectivity index is 1.72. The molecule has 2 amide bonds. The third-order valence-electron chi connectivity index (χ3n) is 3.81. The first kappa shape index (κ1) is 16.5. The van der Waals surface area contributed by atoms with Crippen LogP contribution in [0.2, 0.25) is 0 Å². The Bertz CT molecular complexity index is 484. The molecule has 1 N–H and O–H groups in total. The molecule has 22 heavy (non-hydrogen) atoms. The van der Waals surface area contributed by atoms with Crippen LogP contribution in [0.3, 0.4) is 0 Å². The molecule has 0 spiro atoms.